The molecule has 3 heteroatoms. The molecule has 3 aromatic rings. The number of hydrogen-bond donors (Lipinski definition) is 1. The Balaban J connectivity index is 0.000000155. The summed E-state index contributed by atoms with van der Waals surface area (Å²) < 4.78 is 0. The normalized spacial score (nSPS) is 9.95. The highest BCUT2D eigenvalue weighted by atomic mass is 35.5. The molecular weight excluding hydrogens is 282 g/mol. The van der Waals surface area contributed by atoms with Crippen molar-refractivity contribution in [1.29, 1.82) is 0 Å². The van der Waals surface area contributed by atoms with Crippen LogP contribution in [0.25, 0.3) is 10.8 Å². The molecule has 0 saturated heterocycles. The van der Waals surface area contributed by atoms with Crippen LogP contribution < -0.4 is 0 Å². The number of phenols is 1. The van der Waals surface area contributed by atoms with E-state index >= 15 is 0 Å². The van der Waals surface area contributed by atoms with Gasteiger partial charge in [-0.15, -0.1) is 11.6 Å². The molecule has 0 aliphatic carbocycles. The number of alkyl halides is 1. The fourth-order valence-corrected chi connectivity index (χ4v) is 2.12. The van der Waals surface area contributed by atoms with Crippen LogP contribution in [0.4, 0.5) is 0 Å². The lowest BCUT2D eigenvalue weighted by Gasteiger charge is -1.95. The Morgan fingerprint density at radius 1 is 0.952 bits per heavy atom. The predicted molar refractivity (Wildman–Crippen MR) is 88.9 cm³/mol. The zero-order chi connectivity index (χ0) is 14.9. The maximum Gasteiger partial charge on any atom is 0.116 e. The summed E-state index contributed by atoms with van der Waals surface area (Å²) in [6.07, 6.45) is 5.66. The van der Waals surface area contributed by atoms with Crippen molar-refractivity contribution in [2.75, 3.05) is 5.88 Å². The molecule has 1 heterocycles. The van der Waals surface area contributed by atoms with Crippen molar-refractivity contribution in [3.05, 3.63) is 72.6 Å². The summed E-state index contributed by atoms with van der Waals surface area (Å²) in [5, 5.41) is 11.2. The molecule has 0 fully saturated rings. The monoisotopic (exact) mass is 299 g/mol. The van der Waals surface area contributed by atoms with Crippen molar-refractivity contribution in [1.82, 2.24) is 4.98 Å². The summed E-state index contributed by atoms with van der Waals surface area (Å²) in [6.45, 7) is 0. The minimum Gasteiger partial charge on any atom is -0.508 e. The van der Waals surface area contributed by atoms with Crippen LogP contribution in [0.5, 0.6) is 5.75 Å². The molecule has 0 bridgehead atoms. The van der Waals surface area contributed by atoms with Gasteiger partial charge in [-0.2, -0.15) is 0 Å². The van der Waals surface area contributed by atoms with Gasteiger partial charge in [0.2, 0.25) is 0 Å². The van der Waals surface area contributed by atoms with E-state index < -0.39 is 0 Å². The highest BCUT2D eigenvalue weighted by Gasteiger charge is 1.92. The van der Waals surface area contributed by atoms with Crippen molar-refractivity contribution >= 4 is 22.4 Å². The Hall–Kier alpha value is -2.06. The topological polar surface area (TPSA) is 33.1 Å². The predicted octanol–water partition coefficient (Wildman–Crippen LogP) is 4.80. The number of nitrogens with zero attached hydrogens (tertiary/aromatic N) is 1. The average molecular weight is 300 g/mol. The molecule has 0 atom stereocenters. The van der Waals surface area contributed by atoms with Crippen LogP contribution in [0, 0.1) is 0 Å². The number of phenolic OH excluding ortho intramolecular Hbond substituents is 1. The number of fused-ring (bicyclic) bond motifs is 1. The standard InChI is InChI=1S/C9H11Cl.C9H7NO/c10-8-4-7-9-5-2-1-3-6-9;11-9-2-1-8-6-10-4-3-7(8)5-9/h1-3,5-6H,4,7-8H2;1-6,11H. The van der Waals surface area contributed by atoms with Crippen molar-refractivity contribution < 1.29 is 5.11 Å². The Morgan fingerprint density at radius 2 is 1.76 bits per heavy atom. The van der Waals surface area contributed by atoms with Crippen molar-refractivity contribution in [2.24, 2.45) is 0 Å². The van der Waals surface area contributed by atoms with Crippen LogP contribution in [-0.2, 0) is 6.42 Å². The minimum absolute atomic E-state index is 0.295. The second kappa shape index (κ2) is 8.28. The van der Waals surface area contributed by atoms with Crippen LogP contribution in [0.3, 0.4) is 0 Å². The van der Waals surface area contributed by atoms with Gasteiger partial charge in [0, 0.05) is 23.7 Å². The zero-order valence-corrected chi connectivity index (χ0v) is 12.5. The third-order valence-electron chi connectivity index (χ3n) is 3.07. The molecule has 108 valence electrons. The molecule has 0 spiro atoms. The van der Waals surface area contributed by atoms with Crippen LogP contribution in [0.15, 0.2) is 67.0 Å². The molecule has 0 aliphatic rings. The van der Waals surface area contributed by atoms with Gasteiger partial charge in [-0.1, -0.05) is 30.3 Å². The highest BCUT2D eigenvalue weighted by molar-refractivity contribution is 6.17. The fourth-order valence-electron chi connectivity index (χ4n) is 1.99. The number of aromatic hydroxyl groups is 1. The van der Waals surface area contributed by atoms with Crippen LogP contribution in [0.1, 0.15) is 12.0 Å². The van der Waals surface area contributed by atoms with Gasteiger partial charge >= 0.3 is 0 Å². The van der Waals surface area contributed by atoms with Gasteiger partial charge < -0.3 is 5.11 Å². The summed E-state index contributed by atoms with van der Waals surface area (Å²) >= 11 is 5.55. The Kier molecular flexibility index (Phi) is 6.04. The van der Waals surface area contributed by atoms with Crippen molar-refractivity contribution in [2.45, 2.75) is 12.8 Å². The quantitative estimate of drug-likeness (QED) is 0.705. The van der Waals surface area contributed by atoms with E-state index in [4.69, 9.17) is 16.7 Å². The van der Waals surface area contributed by atoms with E-state index in [-0.39, 0.29) is 0 Å². The Morgan fingerprint density at radius 3 is 2.52 bits per heavy atom. The Bertz CT molecular complexity index is 670. The van der Waals surface area contributed by atoms with Gasteiger partial charge in [0.15, 0.2) is 0 Å². The van der Waals surface area contributed by atoms with Crippen LogP contribution >= 0.6 is 11.6 Å². The van der Waals surface area contributed by atoms with Crippen LogP contribution in [-0.4, -0.2) is 16.0 Å². The Labute approximate surface area is 130 Å². The number of aromatic nitrogens is 1. The first kappa shape index (κ1) is 15.3. The SMILES string of the molecule is ClCCCc1ccccc1.Oc1ccc2cnccc2c1. The van der Waals surface area contributed by atoms with Gasteiger partial charge in [0.05, 0.1) is 0 Å². The molecule has 0 amide bonds. The average Bonchev–Trinajstić information content (AvgIpc) is 2.54. The first-order chi connectivity index (χ1) is 10.3. The summed E-state index contributed by atoms with van der Waals surface area (Å²) in [5.74, 6) is 1.05. The van der Waals surface area contributed by atoms with Crippen molar-refractivity contribution in [3.63, 3.8) is 0 Å². The number of aryl methyl sites for hydroxylation is 1. The molecule has 2 aromatic carbocycles. The maximum atomic E-state index is 9.11. The van der Waals surface area contributed by atoms with Gasteiger partial charge in [-0.25, -0.2) is 0 Å². The second-order valence-corrected chi connectivity index (χ2v) is 5.06. The number of hydrogen-bond acceptors (Lipinski definition) is 2. The third-order valence-corrected chi connectivity index (χ3v) is 3.33. The fraction of sp³-hybridized carbons (Fsp3) is 0.167. The smallest absolute Gasteiger partial charge is 0.116 e. The molecule has 0 saturated carbocycles. The lowest BCUT2D eigenvalue weighted by molar-refractivity contribution is 0.476. The summed E-state index contributed by atoms with van der Waals surface area (Å²) in [6, 6.07) is 17.5. The summed E-state index contributed by atoms with van der Waals surface area (Å²) in [4.78, 5) is 3.96. The van der Waals surface area contributed by atoms with E-state index in [0.29, 0.717) is 5.75 Å². The molecule has 1 aromatic heterocycles. The van der Waals surface area contributed by atoms with E-state index in [1.165, 1.54) is 5.56 Å². The first-order valence-corrected chi connectivity index (χ1v) is 7.45. The van der Waals surface area contributed by atoms with E-state index in [9.17, 15) is 0 Å². The van der Waals surface area contributed by atoms with E-state index in [0.717, 1.165) is 29.5 Å². The molecular formula is C18H18ClNO. The van der Waals surface area contributed by atoms with E-state index in [1.807, 2.05) is 18.2 Å². The maximum absolute atomic E-state index is 9.11. The van der Waals surface area contributed by atoms with E-state index in [2.05, 4.69) is 29.2 Å². The molecule has 0 radical (unpaired) electrons. The van der Waals surface area contributed by atoms with Gasteiger partial charge in [-0.05, 0) is 48.1 Å². The molecule has 2 nitrogen and oxygen atoms in total. The van der Waals surface area contributed by atoms with Gasteiger partial charge in [0.25, 0.3) is 0 Å². The second-order valence-electron chi connectivity index (χ2n) is 4.69. The summed E-state index contributed by atoms with van der Waals surface area (Å²) in [7, 11) is 0. The summed E-state index contributed by atoms with van der Waals surface area (Å²) in [5.41, 5.74) is 1.38. The number of halogens is 1. The molecule has 0 unspecified atom stereocenters. The minimum atomic E-state index is 0.295. The lowest BCUT2D eigenvalue weighted by atomic mass is 10.1. The largest absolute Gasteiger partial charge is 0.508 e. The molecule has 3 rings (SSSR count). The number of benzene rings is 2. The first-order valence-electron chi connectivity index (χ1n) is 6.92. The molecule has 21 heavy (non-hydrogen) atoms. The third kappa shape index (κ3) is 5.09. The zero-order valence-electron chi connectivity index (χ0n) is 11.7. The van der Waals surface area contributed by atoms with Crippen LogP contribution in [0.2, 0.25) is 0 Å². The number of rotatable bonds is 3. The number of pyridine rings is 1. The lowest BCUT2D eigenvalue weighted by Crippen LogP contribution is -1.83. The van der Waals surface area contributed by atoms with Crippen molar-refractivity contribution in [3.8, 4) is 5.75 Å². The van der Waals surface area contributed by atoms with Gasteiger partial charge in [-0.3, -0.25) is 4.98 Å². The molecule has 1 N–H and O–H groups in total. The molecule has 0 aliphatic heterocycles. The highest BCUT2D eigenvalue weighted by Crippen LogP contribution is 2.17. The van der Waals surface area contributed by atoms with Gasteiger partial charge in [0.1, 0.15) is 5.75 Å². The van der Waals surface area contributed by atoms with E-state index in [1.54, 1.807) is 24.5 Å².